The van der Waals surface area contributed by atoms with Gasteiger partial charge in [-0.3, -0.25) is 24.6 Å². The number of likely N-dealkylation sites (tertiary alicyclic amines) is 1. The van der Waals surface area contributed by atoms with E-state index in [1.165, 1.54) is 30.3 Å². The second-order valence-corrected chi connectivity index (χ2v) is 12.8. The number of nitrogens with zero attached hydrogens (tertiary/aromatic N) is 2. The number of rotatable bonds is 6. The molecular formula is C35H30ClFN4O7. The largest absolute Gasteiger partial charge is 0.504 e. The highest BCUT2D eigenvalue weighted by atomic mass is 35.5. The molecule has 48 heavy (non-hydrogen) atoms. The van der Waals surface area contributed by atoms with Crippen LogP contribution in [0.3, 0.4) is 0 Å². The normalized spacial score (nSPS) is 27.7. The third-order valence-electron chi connectivity index (χ3n) is 10.1. The molecule has 4 N–H and O–H groups in total. The molecule has 1 saturated carbocycles. The van der Waals surface area contributed by atoms with Crippen LogP contribution in [0.2, 0.25) is 5.02 Å². The van der Waals surface area contributed by atoms with Gasteiger partial charge in [-0.25, -0.2) is 9.18 Å². The van der Waals surface area contributed by atoms with E-state index < -0.39 is 70.5 Å². The lowest BCUT2D eigenvalue weighted by molar-refractivity contribution is -0.139. The summed E-state index contributed by atoms with van der Waals surface area (Å²) in [7, 11) is 0. The molecule has 6 amide bonds. The van der Waals surface area contributed by atoms with Gasteiger partial charge in [0.25, 0.3) is 11.8 Å². The number of hydrogen-bond donors (Lipinski definition) is 3. The van der Waals surface area contributed by atoms with Crippen molar-refractivity contribution in [2.24, 2.45) is 29.4 Å². The van der Waals surface area contributed by atoms with Crippen molar-refractivity contribution in [1.82, 2.24) is 9.91 Å². The Morgan fingerprint density at radius 2 is 1.73 bits per heavy atom. The smallest absolute Gasteiger partial charge is 0.328 e. The molecule has 3 fully saturated rings. The van der Waals surface area contributed by atoms with E-state index in [2.05, 4.69) is 5.43 Å². The van der Waals surface area contributed by atoms with Crippen molar-refractivity contribution in [2.75, 3.05) is 12.0 Å². The molecular weight excluding hydrogens is 643 g/mol. The number of phenolic OH excluding ortho intramolecular Hbond substituents is 1. The first-order valence-corrected chi connectivity index (χ1v) is 15.9. The van der Waals surface area contributed by atoms with Crippen molar-refractivity contribution in [2.45, 2.75) is 31.1 Å². The number of hydrogen-bond acceptors (Lipinski definition) is 8. The maximum atomic E-state index is 15.1. The van der Waals surface area contributed by atoms with Gasteiger partial charge in [0.1, 0.15) is 5.82 Å². The number of allylic oxidation sites excluding steroid dienone is 2. The molecule has 13 heteroatoms. The van der Waals surface area contributed by atoms with Crippen molar-refractivity contribution in [3.8, 4) is 11.5 Å². The number of imide groups is 4. The van der Waals surface area contributed by atoms with Crippen molar-refractivity contribution >= 4 is 46.9 Å². The summed E-state index contributed by atoms with van der Waals surface area (Å²) >= 11 is 6.30. The minimum absolute atomic E-state index is 0.0136. The topological polar surface area (TPSA) is 159 Å². The number of hydrazine groups is 1. The van der Waals surface area contributed by atoms with Gasteiger partial charge >= 0.3 is 6.03 Å². The molecule has 3 aromatic rings. The maximum absolute atomic E-state index is 15.1. The molecule has 7 rings (SSSR count). The fourth-order valence-electron chi connectivity index (χ4n) is 8.23. The fourth-order valence-corrected chi connectivity index (χ4v) is 8.35. The van der Waals surface area contributed by atoms with E-state index >= 15 is 4.79 Å². The lowest BCUT2D eigenvalue weighted by atomic mass is 9.49. The van der Waals surface area contributed by atoms with Crippen LogP contribution in [-0.2, 0) is 24.6 Å². The number of carbonyl (C=O) groups is 5. The summed E-state index contributed by atoms with van der Waals surface area (Å²) in [6.45, 7) is 1.98. The molecule has 2 heterocycles. The summed E-state index contributed by atoms with van der Waals surface area (Å²) in [5.41, 5.74) is 8.63. The zero-order chi connectivity index (χ0) is 34.1. The van der Waals surface area contributed by atoms with Crippen LogP contribution in [-0.4, -0.2) is 51.3 Å². The van der Waals surface area contributed by atoms with Gasteiger partial charge in [-0.1, -0.05) is 41.4 Å². The molecule has 3 aromatic carbocycles. The number of carbonyl (C=O) groups excluding carboxylic acids is 5. The molecule has 2 saturated heterocycles. The number of amides is 6. The van der Waals surface area contributed by atoms with Crippen molar-refractivity contribution in [3.05, 3.63) is 100 Å². The summed E-state index contributed by atoms with van der Waals surface area (Å²) in [4.78, 5) is 69.4. The number of fused-ring (bicyclic) bond motifs is 4. The van der Waals surface area contributed by atoms with Crippen LogP contribution in [0.5, 0.6) is 11.5 Å². The van der Waals surface area contributed by atoms with Crippen LogP contribution in [0.1, 0.15) is 36.8 Å². The molecule has 246 valence electrons. The Kier molecular flexibility index (Phi) is 7.50. The molecule has 0 aromatic heterocycles. The number of halogens is 2. The van der Waals surface area contributed by atoms with Gasteiger partial charge in [-0.05, 0) is 85.3 Å². The van der Waals surface area contributed by atoms with Crippen molar-refractivity contribution in [3.63, 3.8) is 0 Å². The van der Waals surface area contributed by atoms with E-state index in [0.717, 1.165) is 5.01 Å². The van der Waals surface area contributed by atoms with Crippen LogP contribution >= 0.6 is 11.6 Å². The standard InChI is InChI=1S/C35H30ClFN4O7/c1-2-48-27-15-17(3-14-26(27)42)29-22-12-13-23-28(32(45)40(30(23)43)34(38)47)24(22)16-25-31(44)41(39-21-10-8-20(37)9-11-21)33(46)35(25,29)18-4-6-19(36)7-5-18/h3-12,14-15,23-25,28-29,39,42H,2,13,16H2,1H3,(H2,38,47). The number of aromatic hydroxyl groups is 1. The van der Waals surface area contributed by atoms with Gasteiger partial charge in [-0.2, -0.15) is 9.91 Å². The van der Waals surface area contributed by atoms with E-state index in [1.807, 2.05) is 6.08 Å². The van der Waals surface area contributed by atoms with E-state index in [9.17, 15) is 28.7 Å². The summed E-state index contributed by atoms with van der Waals surface area (Å²) in [6.07, 6.45) is 1.90. The summed E-state index contributed by atoms with van der Waals surface area (Å²) in [5, 5.41) is 12.0. The Morgan fingerprint density at radius 1 is 1.02 bits per heavy atom. The first-order chi connectivity index (χ1) is 23.0. The van der Waals surface area contributed by atoms with E-state index in [1.54, 1.807) is 43.3 Å². The van der Waals surface area contributed by atoms with Crippen LogP contribution in [0.25, 0.3) is 0 Å². The van der Waals surface area contributed by atoms with Crippen LogP contribution in [0, 0.1) is 29.5 Å². The minimum atomic E-state index is -1.61. The minimum Gasteiger partial charge on any atom is -0.504 e. The summed E-state index contributed by atoms with van der Waals surface area (Å²) < 4.78 is 19.5. The fraction of sp³-hybridized carbons (Fsp3) is 0.286. The molecule has 2 aliphatic heterocycles. The highest BCUT2D eigenvalue weighted by Crippen LogP contribution is 2.64. The number of urea groups is 1. The molecule has 0 bridgehead atoms. The molecule has 6 unspecified atom stereocenters. The molecule has 0 radical (unpaired) electrons. The molecule has 11 nitrogen and oxygen atoms in total. The lowest BCUT2D eigenvalue weighted by Gasteiger charge is -2.50. The van der Waals surface area contributed by atoms with Gasteiger partial charge in [0, 0.05) is 10.9 Å². The Labute approximate surface area is 279 Å². The van der Waals surface area contributed by atoms with Crippen molar-refractivity contribution < 1.29 is 38.2 Å². The van der Waals surface area contributed by atoms with Crippen LogP contribution < -0.4 is 15.9 Å². The summed E-state index contributed by atoms with van der Waals surface area (Å²) in [5.74, 6) is -7.73. The Balaban J connectivity index is 1.47. The SMILES string of the molecule is CCOc1cc(C2C3=CCC4C(=O)N(C(N)=O)C(=O)C4C3CC3C(=O)N(Nc4ccc(F)cc4)C(=O)C32c2ccc(Cl)cc2)ccc1O. The second kappa shape index (κ2) is 11.5. The van der Waals surface area contributed by atoms with E-state index in [-0.39, 0.29) is 36.6 Å². The molecule has 6 atom stereocenters. The number of primary amides is 1. The maximum Gasteiger partial charge on any atom is 0.328 e. The first-order valence-electron chi connectivity index (χ1n) is 15.5. The predicted molar refractivity (Wildman–Crippen MR) is 170 cm³/mol. The number of nitrogens with one attached hydrogen (secondary N) is 1. The van der Waals surface area contributed by atoms with Gasteiger partial charge in [-0.15, -0.1) is 0 Å². The third kappa shape index (κ3) is 4.50. The predicted octanol–water partition coefficient (Wildman–Crippen LogP) is 4.65. The number of anilines is 1. The number of benzene rings is 3. The van der Waals surface area contributed by atoms with Crippen LogP contribution in [0.15, 0.2) is 78.4 Å². The van der Waals surface area contributed by atoms with Gasteiger partial charge < -0.3 is 15.6 Å². The average Bonchev–Trinajstić information content (AvgIpc) is 3.44. The number of ether oxygens (including phenoxy) is 1. The number of nitrogens with two attached hydrogens (primary N) is 1. The quantitative estimate of drug-likeness (QED) is 0.252. The highest BCUT2D eigenvalue weighted by Gasteiger charge is 2.70. The zero-order valence-corrected chi connectivity index (χ0v) is 26.3. The first kappa shape index (κ1) is 31.4. The monoisotopic (exact) mass is 672 g/mol. The number of phenols is 1. The average molecular weight is 673 g/mol. The Hall–Kier alpha value is -5.23. The molecule has 0 spiro atoms. The van der Waals surface area contributed by atoms with Gasteiger partial charge in [0.2, 0.25) is 11.8 Å². The molecule has 2 aliphatic carbocycles. The van der Waals surface area contributed by atoms with Gasteiger partial charge in [0.05, 0.1) is 35.5 Å². The van der Waals surface area contributed by atoms with E-state index in [4.69, 9.17) is 22.1 Å². The highest BCUT2D eigenvalue weighted by molar-refractivity contribution is 6.30. The summed E-state index contributed by atoms with van der Waals surface area (Å²) in [6, 6.07) is 15.3. The lowest BCUT2D eigenvalue weighted by Crippen LogP contribution is -2.53. The van der Waals surface area contributed by atoms with E-state index in [0.29, 0.717) is 26.6 Å². The van der Waals surface area contributed by atoms with Crippen LogP contribution in [0.4, 0.5) is 14.9 Å². The van der Waals surface area contributed by atoms with Gasteiger partial charge in [0.15, 0.2) is 11.5 Å². The second-order valence-electron chi connectivity index (χ2n) is 12.4. The zero-order valence-electron chi connectivity index (χ0n) is 25.6. The Morgan fingerprint density at radius 3 is 2.40 bits per heavy atom. The Bertz CT molecular complexity index is 1920. The molecule has 4 aliphatic rings. The third-order valence-corrected chi connectivity index (χ3v) is 10.3. The van der Waals surface area contributed by atoms with Crippen molar-refractivity contribution in [1.29, 1.82) is 0 Å².